The lowest BCUT2D eigenvalue weighted by Gasteiger charge is -2.40. The van der Waals surface area contributed by atoms with Crippen LogP contribution in [-0.4, -0.2) is 73.4 Å². The fourth-order valence-corrected chi connectivity index (χ4v) is 3.07. The molecule has 1 aliphatic heterocycles. The number of nitrogens with zero attached hydrogens (tertiary/aromatic N) is 2. The molecular formula is C13H24N2O3. The van der Waals surface area contributed by atoms with Crippen LogP contribution in [0, 0.1) is 5.92 Å². The second-order valence-electron chi connectivity index (χ2n) is 5.63. The third kappa shape index (κ3) is 3.02. The molecule has 1 saturated heterocycles. The van der Waals surface area contributed by atoms with Crippen molar-refractivity contribution in [1.29, 1.82) is 0 Å². The van der Waals surface area contributed by atoms with E-state index in [9.17, 15) is 9.90 Å². The molecule has 5 nitrogen and oxygen atoms in total. The quantitative estimate of drug-likeness (QED) is 0.768. The Morgan fingerprint density at radius 3 is 2.83 bits per heavy atom. The van der Waals surface area contributed by atoms with Gasteiger partial charge in [0.15, 0.2) is 0 Å². The van der Waals surface area contributed by atoms with Gasteiger partial charge in [0.1, 0.15) is 0 Å². The largest absolute Gasteiger partial charge is 0.393 e. The Morgan fingerprint density at radius 2 is 2.22 bits per heavy atom. The lowest BCUT2D eigenvalue weighted by molar-refractivity contribution is -0.144. The van der Waals surface area contributed by atoms with E-state index in [0.29, 0.717) is 26.3 Å². The van der Waals surface area contributed by atoms with Crippen molar-refractivity contribution in [3.05, 3.63) is 0 Å². The molecule has 3 atom stereocenters. The molecule has 3 unspecified atom stereocenters. The van der Waals surface area contributed by atoms with Crippen LogP contribution in [-0.2, 0) is 9.53 Å². The van der Waals surface area contributed by atoms with Crippen LogP contribution in [0.2, 0.25) is 0 Å². The zero-order chi connectivity index (χ0) is 13.1. The summed E-state index contributed by atoms with van der Waals surface area (Å²) in [4.78, 5) is 16.0. The molecule has 104 valence electrons. The van der Waals surface area contributed by atoms with Crippen molar-refractivity contribution in [2.45, 2.75) is 31.4 Å². The lowest BCUT2D eigenvalue weighted by atomic mass is 9.94. The Hall–Kier alpha value is -0.650. The fraction of sp³-hybridized carbons (Fsp3) is 0.923. The molecule has 1 N–H and O–H groups in total. The van der Waals surface area contributed by atoms with E-state index >= 15 is 0 Å². The van der Waals surface area contributed by atoms with Gasteiger partial charge in [0.2, 0.25) is 5.91 Å². The van der Waals surface area contributed by atoms with Gasteiger partial charge in [0, 0.05) is 12.5 Å². The summed E-state index contributed by atoms with van der Waals surface area (Å²) in [6.07, 6.45) is 2.64. The van der Waals surface area contributed by atoms with Crippen LogP contribution in [0.25, 0.3) is 0 Å². The van der Waals surface area contributed by atoms with E-state index < -0.39 is 0 Å². The maximum absolute atomic E-state index is 12.2. The number of hydrogen-bond acceptors (Lipinski definition) is 4. The van der Waals surface area contributed by atoms with Crippen LogP contribution in [0.15, 0.2) is 0 Å². The maximum atomic E-state index is 12.2. The summed E-state index contributed by atoms with van der Waals surface area (Å²) in [5, 5.41) is 10.0. The van der Waals surface area contributed by atoms with Crippen LogP contribution < -0.4 is 0 Å². The van der Waals surface area contributed by atoms with Crippen molar-refractivity contribution in [3.8, 4) is 0 Å². The first-order chi connectivity index (χ1) is 8.59. The summed E-state index contributed by atoms with van der Waals surface area (Å²) < 4.78 is 5.51. The number of morpholine rings is 1. The van der Waals surface area contributed by atoms with Crippen molar-refractivity contribution in [3.63, 3.8) is 0 Å². The van der Waals surface area contributed by atoms with E-state index in [0.717, 1.165) is 19.3 Å². The molecule has 0 spiro atoms. The zero-order valence-corrected chi connectivity index (χ0v) is 11.3. The second kappa shape index (κ2) is 5.99. The van der Waals surface area contributed by atoms with E-state index in [4.69, 9.17) is 4.74 Å². The van der Waals surface area contributed by atoms with E-state index in [2.05, 4.69) is 0 Å². The van der Waals surface area contributed by atoms with Crippen molar-refractivity contribution in [2.75, 3.05) is 40.4 Å². The summed E-state index contributed by atoms with van der Waals surface area (Å²) >= 11 is 0. The third-order valence-electron chi connectivity index (χ3n) is 3.96. The highest BCUT2D eigenvalue weighted by atomic mass is 16.5. The van der Waals surface area contributed by atoms with Crippen LogP contribution in [0.3, 0.4) is 0 Å². The average molecular weight is 256 g/mol. The third-order valence-corrected chi connectivity index (χ3v) is 3.96. The van der Waals surface area contributed by atoms with Crippen molar-refractivity contribution in [1.82, 2.24) is 9.80 Å². The molecule has 5 heteroatoms. The Labute approximate surface area is 109 Å². The number of aliphatic hydroxyl groups is 1. The molecule has 1 saturated carbocycles. The summed E-state index contributed by atoms with van der Waals surface area (Å²) in [6.45, 7) is 2.26. The molecule has 2 rings (SSSR count). The molecule has 1 aliphatic carbocycles. The predicted molar refractivity (Wildman–Crippen MR) is 68.2 cm³/mol. The van der Waals surface area contributed by atoms with Gasteiger partial charge >= 0.3 is 0 Å². The zero-order valence-electron chi connectivity index (χ0n) is 11.3. The fourth-order valence-electron chi connectivity index (χ4n) is 3.07. The van der Waals surface area contributed by atoms with Gasteiger partial charge < -0.3 is 19.6 Å². The normalized spacial score (nSPS) is 33.1. The Kier molecular flexibility index (Phi) is 4.59. The SMILES string of the molecule is CN(C)CC(=O)N1CCOCC1C1CCCC1O. The Bertz CT molecular complexity index is 296. The number of amides is 1. The van der Waals surface area contributed by atoms with Crippen LogP contribution in [0.4, 0.5) is 0 Å². The lowest BCUT2D eigenvalue weighted by Crippen LogP contribution is -2.55. The molecule has 0 aromatic heterocycles. The minimum Gasteiger partial charge on any atom is -0.393 e. The van der Waals surface area contributed by atoms with Crippen LogP contribution >= 0.6 is 0 Å². The predicted octanol–water partition coefficient (Wildman–Crippen LogP) is -0.0636. The van der Waals surface area contributed by atoms with Crippen LogP contribution in [0.1, 0.15) is 19.3 Å². The minimum absolute atomic E-state index is 0.0590. The highest BCUT2D eigenvalue weighted by molar-refractivity contribution is 5.78. The maximum Gasteiger partial charge on any atom is 0.237 e. The molecule has 0 bridgehead atoms. The van der Waals surface area contributed by atoms with Gasteiger partial charge in [-0.15, -0.1) is 0 Å². The number of ether oxygens (including phenoxy) is 1. The first kappa shape index (κ1) is 13.8. The first-order valence-corrected chi connectivity index (χ1v) is 6.79. The minimum atomic E-state index is -0.272. The average Bonchev–Trinajstić information content (AvgIpc) is 2.74. The van der Waals surface area contributed by atoms with Gasteiger partial charge in [-0.25, -0.2) is 0 Å². The number of hydrogen-bond donors (Lipinski definition) is 1. The number of likely N-dealkylation sites (N-methyl/N-ethyl adjacent to an activating group) is 1. The van der Waals surface area contributed by atoms with E-state index in [1.807, 2.05) is 23.9 Å². The van der Waals surface area contributed by atoms with E-state index in [-0.39, 0.29) is 24.0 Å². The van der Waals surface area contributed by atoms with Crippen molar-refractivity contribution >= 4 is 5.91 Å². The van der Waals surface area contributed by atoms with Gasteiger partial charge in [-0.3, -0.25) is 4.79 Å². The monoisotopic (exact) mass is 256 g/mol. The highest BCUT2D eigenvalue weighted by Crippen LogP contribution is 2.32. The smallest absolute Gasteiger partial charge is 0.237 e. The molecule has 2 aliphatic rings. The summed E-state index contributed by atoms with van der Waals surface area (Å²) in [6, 6.07) is 0.0590. The number of carbonyl (C=O) groups is 1. The number of carbonyl (C=O) groups excluding carboxylic acids is 1. The van der Waals surface area contributed by atoms with Gasteiger partial charge in [0.25, 0.3) is 0 Å². The molecule has 1 amide bonds. The second-order valence-corrected chi connectivity index (χ2v) is 5.63. The standard InChI is InChI=1S/C13H24N2O3/c1-14(2)8-13(17)15-6-7-18-9-11(15)10-4-3-5-12(10)16/h10-12,16H,3-9H2,1-2H3. The Balaban J connectivity index is 2.03. The summed E-state index contributed by atoms with van der Waals surface area (Å²) in [7, 11) is 3.80. The number of rotatable bonds is 3. The first-order valence-electron chi connectivity index (χ1n) is 6.79. The number of aliphatic hydroxyl groups excluding tert-OH is 1. The molecule has 0 radical (unpaired) electrons. The molecule has 2 fully saturated rings. The van der Waals surface area contributed by atoms with Gasteiger partial charge in [-0.2, -0.15) is 0 Å². The highest BCUT2D eigenvalue weighted by Gasteiger charge is 2.39. The van der Waals surface area contributed by atoms with E-state index in [1.165, 1.54) is 0 Å². The molecule has 1 heterocycles. The van der Waals surface area contributed by atoms with Crippen LogP contribution in [0.5, 0.6) is 0 Å². The van der Waals surface area contributed by atoms with Gasteiger partial charge in [-0.1, -0.05) is 6.42 Å². The van der Waals surface area contributed by atoms with Gasteiger partial charge in [0.05, 0.1) is 31.9 Å². The molecular weight excluding hydrogens is 232 g/mol. The van der Waals surface area contributed by atoms with Crippen molar-refractivity contribution in [2.24, 2.45) is 5.92 Å². The Morgan fingerprint density at radius 1 is 1.44 bits per heavy atom. The summed E-state index contributed by atoms with van der Waals surface area (Å²) in [5.74, 6) is 0.337. The topological polar surface area (TPSA) is 53.0 Å². The van der Waals surface area contributed by atoms with E-state index in [1.54, 1.807) is 0 Å². The molecule has 0 aromatic carbocycles. The molecule has 18 heavy (non-hydrogen) atoms. The molecule has 0 aromatic rings. The van der Waals surface area contributed by atoms with Gasteiger partial charge in [-0.05, 0) is 26.9 Å². The summed E-state index contributed by atoms with van der Waals surface area (Å²) in [5.41, 5.74) is 0. The van der Waals surface area contributed by atoms with Crippen molar-refractivity contribution < 1.29 is 14.6 Å².